The molecule has 63 valence electrons. The van der Waals surface area contributed by atoms with E-state index in [9.17, 15) is 4.91 Å². The van der Waals surface area contributed by atoms with E-state index < -0.39 is 5.66 Å². The zero-order valence-electron chi connectivity index (χ0n) is 6.95. The minimum atomic E-state index is -1.36. The Hall–Kier alpha value is -1.22. The molecule has 1 aromatic rings. The summed E-state index contributed by atoms with van der Waals surface area (Å²) in [5.74, 6) is 0. The molecule has 0 aliphatic rings. The number of nitrogens with two attached hydrogens (primary N) is 1. The normalized spacial score (nSPS) is 15.2. The number of benzene rings is 1. The summed E-state index contributed by atoms with van der Waals surface area (Å²) in [6.07, 6.45) is 0. The summed E-state index contributed by atoms with van der Waals surface area (Å²) in [5, 5.41) is 2.77. The Morgan fingerprint density at radius 1 is 1.50 bits per heavy atom. The molecule has 1 radical (unpaired) electrons. The van der Waals surface area contributed by atoms with Gasteiger partial charge in [0.2, 0.25) is 0 Å². The summed E-state index contributed by atoms with van der Waals surface area (Å²) in [6.45, 7) is 5.39. The maximum atomic E-state index is 10.3. The molecular weight excluding hydrogens is 152 g/mol. The number of aryl methyl sites for hydroxylation is 1. The van der Waals surface area contributed by atoms with Crippen LogP contribution in [0.3, 0.4) is 0 Å². The van der Waals surface area contributed by atoms with Crippen molar-refractivity contribution in [2.75, 3.05) is 0 Å². The van der Waals surface area contributed by atoms with Crippen molar-refractivity contribution in [3.63, 3.8) is 0 Å². The molecule has 0 fully saturated rings. The fourth-order valence-electron chi connectivity index (χ4n) is 1.11. The highest BCUT2D eigenvalue weighted by Gasteiger charge is 2.23. The largest absolute Gasteiger partial charge is 0.300 e. The molecule has 0 aliphatic carbocycles. The molecule has 0 spiro atoms. The summed E-state index contributed by atoms with van der Waals surface area (Å²) >= 11 is 0. The zero-order chi connectivity index (χ0) is 9.19. The molecule has 0 aromatic heterocycles. The monoisotopic (exact) mass is 163 g/mol. The van der Waals surface area contributed by atoms with Gasteiger partial charge in [-0.2, -0.15) is 0 Å². The summed E-state index contributed by atoms with van der Waals surface area (Å²) in [4.78, 5) is 10.3. The highest BCUT2D eigenvalue weighted by atomic mass is 16.3. The van der Waals surface area contributed by atoms with Crippen LogP contribution < -0.4 is 5.73 Å². The van der Waals surface area contributed by atoms with E-state index in [0.29, 0.717) is 5.56 Å². The Labute approximate surface area is 71.6 Å². The molecule has 0 saturated heterocycles. The molecule has 1 atom stereocenters. The first-order chi connectivity index (χ1) is 5.58. The smallest absolute Gasteiger partial charge is 0.176 e. The van der Waals surface area contributed by atoms with Gasteiger partial charge < -0.3 is 5.73 Å². The van der Waals surface area contributed by atoms with E-state index in [0.717, 1.165) is 5.56 Å². The summed E-state index contributed by atoms with van der Waals surface area (Å²) in [7, 11) is 0. The molecular formula is C9H11N2O. The van der Waals surface area contributed by atoms with Crippen molar-refractivity contribution in [2.45, 2.75) is 12.6 Å². The lowest BCUT2D eigenvalue weighted by Gasteiger charge is -2.17. The van der Waals surface area contributed by atoms with Crippen LogP contribution in [-0.4, -0.2) is 0 Å². The van der Waals surface area contributed by atoms with Crippen LogP contribution in [0.15, 0.2) is 29.4 Å². The van der Waals surface area contributed by atoms with E-state index in [2.05, 4.69) is 12.1 Å². The van der Waals surface area contributed by atoms with Crippen molar-refractivity contribution in [3.8, 4) is 0 Å². The molecule has 3 nitrogen and oxygen atoms in total. The molecule has 3 heteroatoms. The van der Waals surface area contributed by atoms with Crippen LogP contribution in [0.25, 0.3) is 0 Å². The van der Waals surface area contributed by atoms with Crippen LogP contribution in [0, 0.1) is 18.8 Å². The van der Waals surface area contributed by atoms with Gasteiger partial charge >= 0.3 is 0 Å². The van der Waals surface area contributed by atoms with Gasteiger partial charge in [0.1, 0.15) is 0 Å². The fraction of sp³-hybridized carbons (Fsp3) is 0.222. The molecule has 1 unspecified atom stereocenters. The van der Waals surface area contributed by atoms with Gasteiger partial charge in [-0.3, -0.25) is 0 Å². The topological polar surface area (TPSA) is 55.4 Å². The minimum Gasteiger partial charge on any atom is -0.300 e. The van der Waals surface area contributed by atoms with Crippen LogP contribution in [0.1, 0.15) is 11.1 Å². The highest BCUT2D eigenvalue weighted by molar-refractivity contribution is 5.32. The average molecular weight is 163 g/mol. The van der Waals surface area contributed by atoms with Crippen LogP contribution >= 0.6 is 0 Å². The quantitative estimate of drug-likeness (QED) is 0.675. The number of nitrogens with zero attached hydrogens (tertiary/aromatic N) is 1. The maximum Gasteiger partial charge on any atom is 0.176 e. The second-order valence-electron chi connectivity index (χ2n) is 2.83. The van der Waals surface area contributed by atoms with E-state index in [1.54, 1.807) is 12.1 Å². The SMILES string of the molecule is [CH2]C(N)(N=O)c1ccccc1C. The minimum absolute atomic E-state index is 0.667. The van der Waals surface area contributed by atoms with E-state index >= 15 is 0 Å². The number of hydrogen-bond donors (Lipinski definition) is 1. The standard InChI is InChI=1S/C9H11N2O/c1-7-5-3-4-6-8(7)9(2,10)11-12/h3-6H,2,10H2,1H3. The molecule has 0 amide bonds. The first kappa shape index (κ1) is 8.87. The highest BCUT2D eigenvalue weighted by Crippen LogP contribution is 2.21. The number of nitroso groups, excluding NO2 is 1. The van der Waals surface area contributed by atoms with Crippen molar-refractivity contribution in [1.29, 1.82) is 0 Å². The Kier molecular flexibility index (Phi) is 2.24. The van der Waals surface area contributed by atoms with Gasteiger partial charge in [0.15, 0.2) is 5.66 Å². The van der Waals surface area contributed by atoms with Crippen molar-refractivity contribution in [3.05, 3.63) is 47.2 Å². The molecule has 0 saturated carbocycles. The summed E-state index contributed by atoms with van der Waals surface area (Å²) < 4.78 is 0. The Morgan fingerprint density at radius 3 is 2.58 bits per heavy atom. The van der Waals surface area contributed by atoms with Crippen molar-refractivity contribution < 1.29 is 0 Å². The molecule has 2 N–H and O–H groups in total. The van der Waals surface area contributed by atoms with Crippen molar-refractivity contribution in [1.82, 2.24) is 0 Å². The Morgan fingerprint density at radius 2 is 2.08 bits per heavy atom. The second-order valence-corrected chi connectivity index (χ2v) is 2.83. The van der Waals surface area contributed by atoms with Gasteiger partial charge in [0.05, 0.1) is 0 Å². The van der Waals surface area contributed by atoms with E-state index in [-0.39, 0.29) is 0 Å². The lowest BCUT2D eigenvalue weighted by molar-refractivity contribution is 0.581. The predicted molar refractivity (Wildman–Crippen MR) is 48.2 cm³/mol. The summed E-state index contributed by atoms with van der Waals surface area (Å²) in [5.41, 5.74) is 5.78. The van der Waals surface area contributed by atoms with Crippen LogP contribution in [0.2, 0.25) is 0 Å². The molecule has 1 rings (SSSR count). The molecule has 0 aliphatic heterocycles. The Balaban J connectivity index is 3.19. The fourth-order valence-corrected chi connectivity index (χ4v) is 1.11. The van der Waals surface area contributed by atoms with Gasteiger partial charge in [0.25, 0.3) is 0 Å². The first-order valence-corrected chi connectivity index (χ1v) is 3.63. The first-order valence-electron chi connectivity index (χ1n) is 3.63. The van der Waals surface area contributed by atoms with Crippen molar-refractivity contribution in [2.24, 2.45) is 10.9 Å². The van der Waals surface area contributed by atoms with E-state index in [1.165, 1.54) is 0 Å². The van der Waals surface area contributed by atoms with Crippen LogP contribution in [0.5, 0.6) is 0 Å². The second kappa shape index (κ2) is 3.03. The Bertz CT molecular complexity index is 294. The number of hydrogen-bond acceptors (Lipinski definition) is 3. The van der Waals surface area contributed by atoms with Crippen molar-refractivity contribution >= 4 is 0 Å². The maximum absolute atomic E-state index is 10.3. The molecule has 1 aromatic carbocycles. The van der Waals surface area contributed by atoms with Gasteiger partial charge in [-0.1, -0.05) is 24.3 Å². The predicted octanol–water partition coefficient (Wildman–Crippen LogP) is 1.71. The third-order valence-corrected chi connectivity index (χ3v) is 1.77. The number of rotatable bonds is 2. The van der Waals surface area contributed by atoms with E-state index in [4.69, 9.17) is 5.73 Å². The lowest BCUT2D eigenvalue weighted by atomic mass is 9.98. The summed E-state index contributed by atoms with van der Waals surface area (Å²) in [6, 6.07) is 7.30. The third kappa shape index (κ3) is 1.51. The molecule has 0 heterocycles. The lowest BCUT2D eigenvalue weighted by Crippen LogP contribution is -2.31. The van der Waals surface area contributed by atoms with Gasteiger partial charge in [-0.25, -0.2) is 0 Å². The molecule has 12 heavy (non-hydrogen) atoms. The third-order valence-electron chi connectivity index (χ3n) is 1.77. The van der Waals surface area contributed by atoms with Crippen LogP contribution in [0.4, 0.5) is 0 Å². The van der Waals surface area contributed by atoms with Gasteiger partial charge in [0, 0.05) is 5.56 Å². The van der Waals surface area contributed by atoms with Gasteiger partial charge in [-0.05, 0) is 24.6 Å². The molecule has 0 bridgehead atoms. The van der Waals surface area contributed by atoms with Crippen LogP contribution in [-0.2, 0) is 5.66 Å². The van der Waals surface area contributed by atoms with E-state index in [1.807, 2.05) is 19.1 Å². The zero-order valence-corrected chi connectivity index (χ0v) is 6.95. The van der Waals surface area contributed by atoms with Gasteiger partial charge in [-0.15, -0.1) is 4.91 Å². The average Bonchev–Trinajstić information content (AvgIpc) is 2.05.